The lowest BCUT2D eigenvalue weighted by Gasteiger charge is -2.27. The maximum Gasteiger partial charge on any atom is 0.224 e. The van der Waals surface area contributed by atoms with Crippen LogP contribution in [-0.4, -0.2) is 27.7 Å². The van der Waals surface area contributed by atoms with E-state index in [1.54, 1.807) is 0 Å². The molecule has 1 aromatic heterocycles. The molecule has 0 bridgehead atoms. The average Bonchev–Trinajstić information content (AvgIpc) is 3.18. The van der Waals surface area contributed by atoms with Gasteiger partial charge in [0.25, 0.3) is 0 Å². The van der Waals surface area contributed by atoms with Crippen LogP contribution in [-0.2, 0) is 11.3 Å². The van der Waals surface area contributed by atoms with E-state index in [0.29, 0.717) is 25.4 Å². The third kappa shape index (κ3) is 3.44. The highest BCUT2D eigenvalue weighted by Gasteiger charge is 2.39. The van der Waals surface area contributed by atoms with Gasteiger partial charge in [-0.3, -0.25) is 4.79 Å². The molecule has 6 heteroatoms. The number of nitrogens with zero attached hydrogens (tertiary/aromatic N) is 4. The van der Waals surface area contributed by atoms with Gasteiger partial charge in [0.15, 0.2) is 5.66 Å². The number of hydrogen-bond donors (Lipinski definition) is 1. The van der Waals surface area contributed by atoms with Crippen LogP contribution in [0.5, 0.6) is 0 Å². The lowest BCUT2D eigenvalue weighted by molar-refractivity contribution is -0.126. The number of terminal acetylenes is 1. The highest BCUT2D eigenvalue weighted by Crippen LogP contribution is 2.36. The first-order valence-electron chi connectivity index (χ1n) is 8.22. The molecule has 0 saturated carbocycles. The summed E-state index contributed by atoms with van der Waals surface area (Å²) in [4.78, 5) is 17.0. The number of imidazole rings is 1. The Morgan fingerprint density at radius 2 is 2.30 bits per heavy atom. The van der Waals surface area contributed by atoms with Crippen molar-refractivity contribution < 1.29 is 4.79 Å². The maximum absolute atomic E-state index is 12.4. The fourth-order valence-corrected chi connectivity index (χ4v) is 3.34. The summed E-state index contributed by atoms with van der Waals surface area (Å²) in [5, 5.41) is 11.2. The Kier molecular flexibility index (Phi) is 4.20. The standard InChI is InChI=1S/C17H23N5O/c1-4-5-6-17(20-21-17)7-8-18-16(23)14-9-12(2)15-19-13(3)10-22(15)11-14/h1,10,12,14H,5-9,11H2,2-3H3,(H,18,23). The lowest BCUT2D eigenvalue weighted by Crippen LogP contribution is -2.38. The van der Waals surface area contributed by atoms with Crippen LogP contribution in [0.25, 0.3) is 0 Å². The van der Waals surface area contributed by atoms with Crippen molar-refractivity contribution in [2.24, 2.45) is 16.1 Å². The first-order chi connectivity index (χ1) is 11.0. The minimum absolute atomic E-state index is 0.000777. The number of aromatic nitrogens is 2. The second kappa shape index (κ2) is 6.15. The number of fused-ring (bicyclic) bond motifs is 1. The van der Waals surface area contributed by atoms with Crippen LogP contribution in [0, 0.1) is 25.2 Å². The predicted octanol–water partition coefficient (Wildman–Crippen LogP) is 2.40. The molecule has 2 aliphatic rings. The fourth-order valence-electron chi connectivity index (χ4n) is 3.34. The normalized spacial score (nSPS) is 23.9. The summed E-state index contributed by atoms with van der Waals surface area (Å²) in [5.74, 6) is 4.13. The highest BCUT2D eigenvalue weighted by molar-refractivity contribution is 5.78. The van der Waals surface area contributed by atoms with Crippen LogP contribution in [0.1, 0.15) is 50.0 Å². The van der Waals surface area contributed by atoms with Crippen molar-refractivity contribution in [1.82, 2.24) is 14.9 Å². The number of carbonyl (C=O) groups is 1. The van der Waals surface area contributed by atoms with Crippen LogP contribution in [0.15, 0.2) is 16.4 Å². The Balaban J connectivity index is 1.49. The maximum atomic E-state index is 12.4. The third-order valence-electron chi connectivity index (χ3n) is 4.67. The smallest absolute Gasteiger partial charge is 0.224 e. The van der Waals surface area contributed by atoms with Gasteiger partial charge in [-0.15, -0.1) is 12.3 Å². The molecule has 0 spiro atoms. The third-order valence-corrected chi connectivity index (χ3v) is 4.67. The average molecular weight is 313 g/mol. The van der Waals surface area contributed by atoms with Gasteiger partial charge in [0.1, 0.15) is 5.82 Å². The van der Waals surface area contributed by atoms with Crippen LogP contribution in [0.2, 0.25) is 0 Å². The molecule has 2 atom stereocenters. The summed E-state index contributed by atoms with van der Waals surface area (Å²) in [6.07, 6.45) is 10.3. The summed E-state index contributed by atoms with van der Waals surface area (Å²) >= 11 is 0. The Bertz CT molecular complexity index is 663. The minimum Gasteiger partial charge on any atom is -0.356 e. The molecule has 23 heavy (non-hydrogen) atoms. The molecule has 1 amide bonds. The number of hydrogen-bond acceptors (Lipinski definition) is 4. The molecule has 0 radical (unpaired) electrons. The Labute approximate surface area is 136 Å². The van der Waals surface area contributed by atoms with E-state index in [4.69, 9.17) is 6.42 Å². The van der Waals surface area contributed by atoms with E-state index in [2.05, 4.69) is 37.9 Å². The van der Waals surface area contributed by atoms with E-state index in [9.17, 15) is 4.79 Å². The quantitative estimate of drug-likeness (QED) is 0.819. The second-order valence-corrected chi connectivity index (χ2v) is 6.65. The second-order valence-electron chi connectivity index (χ2n) is 6.65. The Morgan fingerprint density at radius 1 is 1.52 bits per heavy atom. The minimum atomic E-state index is -0.325. The summed E-state index contributed by atoms with van der Waals surface area (Å²) in [6.45, 7) is 5.43. The first kappa shape index (κ1) is 15.7. The van der Waals surface area contributed by atoms with Crippen LogP contribution >= 0.6 is 0 Å². The SMILES string of the molecule is C#CCCC1(CCNC(=O)C2CC(C)c3nc(C)cn3C2)N=N1. The van der Waals surface area contributed by atoms with Crippen molar-refractivity contribution in [2.45, 2.75) is 57.7 Å². The van der Waals surface area contributed by atoms with Gasteiger partial charge in [0.05, 0.1) is 11.6 Å². The predicted molar refractivity (Wildman–Crippen MR) is 86.8 cm³/mol. The van der Waals surface area contributed by atoms with E-state index in [0.717, 1.165) is 30.8 Å². The molecule has 0 aliphatic carbocycles. The van der Waals surface area contributed by atoms with Gasteiger partial charge in [-0.2, -0.15) is 10.2 Å². The molecule has 3 heterocycles. The summed E-state index contributed by atoms with van der Waals surface area (Å²) in [5.41, 5.74) is 0.689. The largest absolute Gasteiger partial charge is 0.356 e. The molecule has 1 aromatic rings. The van der Waals surface area contributed by atoms with E-state index < -0.39 is 0 Å². The van der Waals surface area contributed by atoms with Crippen molar-refractivity contribution in [2.75, 3.05) is 6.54 Å². The number of aryl methyl sites for hydroxylation is 1. The van der Waals surface area contributed by atoms with Crippen molar-refractivity contribution in [3.05, 3.63) is 17.7 Å². The van der Waals surface area contributed by atoms with Crippen LogP contribution in [0.3, 0.4) is 0 Å². The monoisotopic (exact) mass is 313 g/mol. The van der Waals surface area contributed by atoms with E-state index in [-0.39, 0.29) is 17.5 Å². The molecule has 0 fully saturated rings. The van der Waals surface area contributed by atoms with Gasteiger partial charge >= 0.3 is 0 Å². The van der Waals surface area contributed by atoms with Gasteiger partial charge in [-0.1, -0.05) is 6.92 Å². The van der Waals surface area contributed by atoms with Crippen molar-refractivity contribution in [3.63, 3.8) is 0 Å². The van der Waals surface area contributed by atoms with Gasteiger partial charge in [-0.25, -0.2) is 4.98 Å². The number of amides is 1. The highest BCUT2D eigenvalue weighted by atomic mass is 16.1. The van der Waals surface area contributed by atoms with Crippen molar-refractivity contribution in [3.8, 4) is 12.3 Å². The molecule has 122 valence electrons. The van der Waals surface area contributed by atoms with Crippen molar-refractivity contribution >= 4 is 5.91 Å². The zero-order chi connectivity index (χ0) is 16.4. The van der Waals surface area contributed by atoms with Gasteiger partial charge in [-0.05, 0) is 13.3 Å². The number of carbonyl (C=O) groups excluding carboxylic acids is 1. The van der Waals surface area contributed by atoms with Crippen molar-refractivity contribution in [1.29, 1.82) is 0 Å². The van der Waals surface area contributed by atoms with Crippen LogP contribution in [0.4, 0.5) is 0 Å². The molecule has 0 aromatic carbocycles. The summed E-state index contributed by atoms with van der Waals surface area (Å²) in [6, 6.07) is 0. The summed E-state index contributed by atoms with van der Waals surface area (Å²) < 4.78 is 2.12. The number of rotatable bonds is 6. The molecular formula is C17H23N5O. The van der Waals surface area contributed by atoms with E-state index >= 15 is 0 Å². The molecule has 3 rings (SSSR count). The first-order valence-corrected chi connectivity index (χ1v) is 8.22. The molecular weight excluding hydrogens is 290 g/mol. The lowest BCUT2D eigenvalue weighted by atomic mass is 9.90. The summed E-state index contributed by atoms with van der Waals surface area (Å²) in [7, 11) is 0. The van der Waals surface area contributed by atoms with Gasteiger partial charge in [0.2, 0.25) is 5.91 Å². The van der Waals surface area contributed by atoms with Crippen LogP contribution < -0.4 is 5.32 Å². The zero-order valence-electron chi connectivity index (χ0n) is 13.7. The molecule has 6 nitrogen and oxygen atoms in total. The molecule has 2 aliphatic heterocycles. The van der Waals surface area contributed by atoms with Gasteiger partial charge < -0.3 is 9.88 Å². The fraction of sp³-hybridized carbons (Fsp3) is 0.647. The van der Waals surface area contributed by atoms with Gasteiger partial charge in [0, 0.05) is 44.5 Å². The number of nitrogens with one attached hydrogen (secondary N) is 1. The Morgan fingerprint density at radius 3 is 3.00 bits per heavy atom. The Hall–Kier alpha value is -2.16. The molecule has 0 saturated heterocycles. The zero-order valence-corrected chi connectivity index (χ0v) is 13.7. The molecule has 1 N–H and O–H groups in total. The van der Waals surface area contributed by atoms with E-state index in [1.165, 1.54) is 0 Å². The topological polar surface area (TPSA) is 71.6 Å². The van der Waals surface area contributed by atoms with E-state index in [1.807, 2.05) is 13.1 Å². The molecule has 2 unspecified atom stereocenters.